The first kappa shape index (κ1) is 18.4. The van der Waals surface area contributed by atoms with Crippen LogP contribution < -0.4 is 0 Å². The molecule has 0 unspecified atom stereocenters. The summed E-state index contributed by atoms with van der Waals surface area (Å²) < 4.78 is 18.0. The summed E-state index contributed by atoms with van der Waals surface area (Å²) in [6.07, 6.45) is 9.60. The zero-order chi connectivity index (χ0) is 18.0. The molecule has 0 saturated carbocycles. The summed E-state index contributed by atoms with van der Waals surface area (Å²) in [6, 6.07) is 20.2. The largest absolute Gasteiger partial charge is 0.374 e. The van der Waals surface area contributed by atoms with Crippen molar-refractivity contribution in [2.45, 2.75) is 37.9 Å². The van der Waals surface area contributed by atoms with Gasteiger partial charge in [-0.25, -0.2) is 0 Å². The SMILES string of the molecule is C#CC[C@@H]1C=C[C@H](OCc2ccccc2)[C@@H](COCc2ccccc2)O1. The van der Waals surface area contributed by atoms with Crippen LogP contribution in [-0.4, -0.2) is 24.9 Å². The molecule has 0 spiro atoms. The van der Waals surface area contributed by atoms with Crippen LogP contribution in [0.15, 0.2) is 72.8 Å². The third kappa shape index (κ3) is 5.57. The van der Waals surface area contributed by atoms with Crippen molar-refractivity contribution >= 4 is 0 Å². The highest BCUT2D eigenvalue weighted by Crippen LogP contribution is 2.20. The molecular weight excluding hydrogens is 324 g/mol. The molecule has 0 saturated heterocycles. The summed E-state index contributed by atoms with van der Waals surface area (Å²) in [4.78, 5) is 0. The van der Waals surface area contributed by atoms with E-state index in [2.05, 4.69) is 18.1 Å². The molecule has 0 N–H and O–H groups in total. The van der Waals surface area contributed by atoms with Crippen LogP contribution in [0.25, 0.3) is 0 Å². The van der Waals surface area contributed by atoms with Crippen molar-refractivity contribution in [3.63, 3.8) is 0 Å². The maximum atomic E-state index is 6.09. The highest BCUT2D eigenvalue weighted by atomic mass is 16.6. The minimum atomic E-state index is -0.175. The molecule has 3 heteroatoms. The fraction of sp³-hybridized carbons (Fsp3) is 0.304. The number of hydrogen-bond acceptors (Lipinski definition) is 3. The first-order valence-corrected chi connectivity index (χ1v) is 8.89. The first-order valence-electron chi connectivity index (χ1n) is 8.89. The molecule has 0 radical (unpaired) electrons. The average molecular weight is 348 g/mol. The van der Waals surface area contributed by atoms with Crippen LogP contribution in [0, 0.1) is 12.3 Å². The Balaban J connectivity index is 1.56. The Morgan fingerprint density at radius 1 is 0.885 bits per heavy atom. The van der Waals surface area contributed by atoms with Gasteiger partial charge in [0.15, 0.2) is 0 Å². The van der Waals surface area contributed by atoms with Crippen molar-refractivity contribution in [2.75, 3.05) is 6.61 Å². The average Bonchev–Trinajstić information content (AvgIpc) is 2.69. The van der Waals surface area contributed by atoms with E-state index >= 15 is 0 Å². The maximum absolute atomic E-state index is 6.09. The van der Waals surface area contributed by atoms with Gasteiger partial charge in [-0.15, -0.1) is 12.3 Å². The number of ether oxygens (including phenoxy) is 3. The molecule has 26 heavy (non-hydrogen) atoms. The molecule has 3 nitrogen and oxygen atoms in total. The molecule has 0 aliphatic carbocycles. The van der Waals surface area contributed by atoms with Crippen LogP contribution in [0.1, 0.15) is 17.5 Å². The van der Waals surface area contributed by atoms with Gasteiger partial charge in [-0.1, -0.05) is 72.8 Å². The fourth-order valence-electron chi connectivity index (χ4n) is 2.87. The Bertz CT molecular complexity index is 718. The molecule has 0 bridgehead atoms. The lowest BCUT2D eigenvalue weighted by atomic mass is 10.1. The van der Waals surface area contributed by atoms with Crippen LogP contribution in [0.5, 0.6) is 0 Å². The molecule has 1 aliphatic heterocycles. The number of rotatable bonds is 8. The van der Waals surface area contributed by atoms with Crippen LogP contribution in [0.4, 0.5) is 0 Å². The van der Waals surface area contributed by atoms with Gasteiger partial charge in [0.05, 0.1) is 25.9 Å². The van der Waals surface area contributed by atoms with Gasteiger partial charge < -0.3 is 14.2 Å². The quantitative estimate of drug-likeness (QED) is 0.530. The van der Waals surface area contributed by atoms with Gasteiger partial charge in [0.2, 0.25) is 0 Å². The lowest BCUT2D eigenvalue weighted by Gasteiger charge is -2.31. The Labute approximate surface area is 155 Å². The van der Waals surface area contributed by atoms with Gasteiger partial charge in [0.1, 0.15) is 12.2 Å². The van der Waals surface area contributed by atoms with Gasteiger partial charge in [-0.05, 0) is 11.1 Å². The lowest BCUT2D eigenvalue weighted by Crippen LogP contribution is -2.40. The van der Waals surface area contributed by atoms with Gasteiger partial charge in [-0.2, -0.15) is 0 Å². The van der Waals surface area contributed by atoms with E-state index in [4.69, 9.17) is 20.6 Å². The fourth-order valence-corrected chi connectivity index (χ4v) is 2.87. The third-order valence-corrected chi connectivity index (χ3v) is 4.23. The molecule has 2 aromatic carbocycles. The second-order valence-electron chi connectivity index (χ2n) is 6.27. The van der Waals surface area contributed by atoms with Gasteiger partial charge in [0, 0.05) is 6.42 Å². The van der Waals surface area contributed by atoms with E-state index in [-0.39, 0.29) is 18.3 Å². The van der Waals surface area contributed by atoms with Crippen molar-refractivity contribution < 1.29 is 14.2 Å². The second kappa shape index (κ2) is 9.94. The summed E-state index contributed by atoms with van der Waals surface area (Å²) >= 11 is 0. The highest BCUT2D eigenvalue weighted by Gasteiger charge is 2.28. The molecular formula is C23H24O3. The highest BCUT2D eigenvalue weighted by molar-refractivity contribution is 5.15. The monoisotopic (exact) mass is 348 g/mol. The third-order valence-electron chi connectivity index (χ3n) is 4.23. The minimum absolute atomic E-state index is 0.0816. The van der Waals surface area contributed by atoms with E-state index < -0.39 is 0 Å². The minimum Gasteiger partial charge on any atom is -0.374 e. The van der Waals surface area contributed by atoms with Crippen LogP contribution in [0.3, 0.4) is 0 Å². The van der Waals surface area contributed by atoms with Crippen molar-refractivity contribution in [2.24, 2.45) is 0 Å². The van der Waals surface area contributed by atoms with E-state index in [0.29, 0.717) is 26.2 Å². The Hall–Kier alpha value is -2.38. The molecule has 0 fully saturated rings. The molecule has 0 aromatic heterocycles. The predicted octanol–water partition coefficient (Wildman–Crippen LogP) is 4.14. The van der Waals surface area contributed by atoms with Crippen LogP contribution >= 0.6 is 0 Å². The number of benzene rings is 2. The molecule has 3 rings (SSSR count). The molecule has 3 atom stereocenters. The summed E-state index contributed by atoms with van der Waals surface area (Å²) in [7, 11) is 0. The van der Waals surface area contributed by atoms with E-state index in [1.54, 1.807) is 0 Å². The standard InChI is InChI=1S/C23H24O3/c1-2-9-21-14-15-22(25-17-20-12-7-4-8-13-20)23(26-21)18-24-16-19-10-5-3-6-11-19/h1,3-8,10-15,21-23H,9,16-18H2/t21-,22+,23-/m1/s1. The van der Waals surface area contributed by atoms with Crippen molar-refractivity contribution in [3.05, 3.63) is 83.9 Å². The number of terminal acetylenes is 1. The second-order valence-corrected chi connectivity index (χ2v) is 6.27. The van der Waals surface area contributed by atoms with E-state index in [9.17, 15) is 0 Å². The molecule has 2 aromatic rings. The van der Waals surface area contributed by atoms with Crippen molar-refractivity contribution in [1.82, 2.24) is 0 Å². The zero-order valence-corrected chi connectivity index (χ0v) is 14.8. The first-order chi connectivity index (χ1) is 12.8. The van der Waals surface area contributed by atoms with E-state index in [1.165, 1.54) is 0 Å². The molecule has 0 amide bonds. The van der Waals surface area contributed by atoms with Gasteiger partial charge >= 0.3 is 0 Å². The lowest BCUT2D eigenvalue weighted by molar-refractivity contribution is -0.117. The molecule has 1 aliphatic rings. The van der Waals surface area contributed by atoms with Crippen molar-refractivity contribution in [3.8, 4) is 12.3 Å². The molecule has 134 valence electrons. The number of hydrogen-bond donors (Lipinski definition) is 0. The predicted molar refractivity (Wildman–Crippen MR) is 102 cm³/mol. The Kier molecular flexibility index (Phi) is 7.04. The summed E-state index contributed by atoms with van der Waals surface area (Å²) in [5.41, 5.74) is 2.27. The Morgan fingerprint density at radius 3 is 2.19 bits per heavy atom. The summed E-state index contributed by atoms with van der Waals surface area (Å²) in [5, 5.41) is 0. The van der Waals surface area contributed by atoms with Gasteiger partial charge in [-0.3, -0.25) is 0 Å². The topological polar surface area (TPSA) is 27.7 Å². The van der Waals surface area contributed by atoms with E-state index in [0.717, 1.165) is 11.1 Å². The maximum Gasteiger partial charge on any atom is 0.111 e. The summed E-state index contributed by atoms with van der Waals surface area (Å²) in [5.74, 6) is 2.65. The molecule has 1 heterocycles. The normalized spacial score (nSPS) is 22.0. The van der Waals surface area contributed by atoms with Gasteiger partial charge in [0.25, 0.3) is 0 Å². The van der Waals surface area contributed by atoms with Crippen molar-refractivity contribution in [1.29, 1.82) is 0 Å². The van der Waals surface area contributed by atoms with Crippen LogP contribution in [0.2, 0.25) is 0 Å². The Morgan fingerprint density at radius 2 is 1.54 bits per heavy atom. The summed E-state index contributed by atoms with van der Waals surface area (Å²) in [6.45, 7) is 1.55. The smallest absolute Gasteiger partial charge is 0.111 e. The zero-order valence-electron chi connectivity index (χ0n) is 14.8. The van der Waals surface area contributed by atoms with Crippen LogP contribution in [-0.2, 0) is 27.4 Å². The van der Waals surface area contributed by atoms with E-state index in [1.807, 2.05) is 60.7 Å².